The highest BCUT2D eigenvalue weighted by Crippen LogP contribution is 1.88. The quantitative estimate of drug-likeness (QED) is 0.544. The van der Waals surface area contributed by atoms with E-state index in [1.165, 1.54) is 0 Å². The first kappa shape index (κ1) is 7.83. The van der Waals surface area contributed by atoms with E-state index < -0.39 is 22.2 Å². The van der Waals surface area contributed by atoms with Gasteiger partial charge in [0.15, 0.2) is 5.70 Å². The van der Waals surface area contributed by atoms with Crippen molar-refractivity contribution in [3.63, 3.8) is 0 Å². The molecule has 0 aliphatic rings. The fourth-order valence-corrected chi connectivity index (χ4v) is 0.387. The number of carboxylic acids is 1. The lowest BCUT2D eigenvalue weighted by Gasteiger charge is -1.80. The average Bonchev–Trinajstić information content (AvgIpc) is 1.63. The minimum atomic E-state index is -2.72. The molecular formula is C3H3NO4S. The lowest BCUT2D eigenvalue weighted by atomic mass is 10.5. The summed E-state index contributed by atoms with van der Waals surface area (Å²) in [4.78, 5) is 9.77. The first-order valence-electron chi connectivity index (χ1n) is 1.77. The van der Waals surface area contributed by atoms with Crippen LogP contribution in [-0.4, -0.2) is 19.5 Å². The molecule has 0 unspecified atom stereocenters. The zero-order valence-corrected chi connectivity index (χ0v) is 5.05. The summed E-state index contributed by atoms with van der Waals surface area (Å²) in [5.41, 5.74) is -0.691. The number of rotatable bonds is 2. The molecule has 0 radical (unpaired) electrons. The molecule has 0 fully saturated rings. The molecular weight excluding hydrogens is 146 g/mol. The topological polar surface area (TPSA) is 83.8 Å². The third-order valence-electron chi connectivity index (χ3n) is 0.432. The molecule has 0 aromatic heterocycles. The smallest absolute Gasteiger partial charge is 0.355 e. The fourth-order valence-electron chi connectivity index (χ4n) is 0.129. The van der Waals surface area contributed by atoms with Crippen LogP contribution in [0.25, 0.3) is 0 Å². The van der Waals surface area contributed by atoms with Crippen LogP contribution in [0.2, 0.25) is 0 Å². The van der Waals surface area contributed by atoms with Gasteiger partial charge in [-0.3, -0.25) is 0 Å². The van der Waals surface area contributed by atoms with Crippen molar-refractivity contribution in [1.82, 2.24) is 0 Å². The maximum absolute atomic E-state index is 9.77. The van der Waals surface area contributed by atoms with Crippen molar-refractivity contribution < 1.29 is 18.3 Å². The molecule has 5 nitrogen and oxygen atoms in total. The monoisotopic (exact) mass is 149 g/mol. The SMILES string of the molecule is C=C(N=S(=O)=O)C(=O)O. The fraction of sp³-hybridized carbons (Fsp3) is 0. The summed E-state index contributed by atoms with van der Waals surface area (Å²) in [5.74, 6) is -1.45. The van der Waals surface area contributed by atoms with Crippen LogP contribution >= 0.6 is 0 Å². The molecule has 0 saturated heterocycles. The maximum atomic E-state index is 9.77. The zero-order chi connectivity index (χ0) is 7.44. The van der Waals surface area contributed by atoms with Gasteiger partial charge in [-0.1, -0.05) is 6.58 Å². The van der Waals surface area contributed by atoms with Crippen LogP contribution in [0, 0.1) is 0 Å². The van der Waals surface area contributed by atoms with E-state index in [0.29, 0.717) is 0 Å². The van der Waals surface area contributed by atoms with E-state index in [1.54, 1.807) is 0 Å². The second kappa shape index (κ2) is 2.98. The van der Waals surface area contributed by atoms with E-state index >= 15 is 0 Å². The number of hydrogen-bond acceptors (Lipinski definition) is 4. The third-order valence-corrected chi connectivity index (χ3v) is 0.801. The normalized spacial score (nSPS) is 8.00. The Morgan fingerprint density at radius 2 is 2.00 bits per heavy atom. The van der Waals surface area contributed by atoms with Crippen molar-refractivity contribution in [2.45, 2.75) is 0 Å². The Balaban J connectivity index is 4.47. The molecule has 0 atom stereocenters. The number of carboxylic acid groups (broad SMARTS) is 1. The van der Waals surface area contributed by atoms with Crippen LogP contribution in [0.1, 0.15) is 0 Å². The Morgan fingerprint density at radius 1 is 1.56 bits per heavy atom. The van der Waals surface area contributed by atoms with Gasteiger partial charge in [-0.15, -0.1) is 4.36 Å². The summed E-state index contributed by atoms with van der Waals surface area (Å²) in [6.45, 7) is 2.84. The van der Waals surface area contributed by atoms with Crippen molar-refractivity contribution in [1.29, 1.82) is 0 Å². The van der Waals surface area contributed by atoms with Crippen LogP contribution in [0.4, 0.5) is 0 Å². The highest BCUT2D eigenvalue weighted by Gasteiger charge is 1.99. The van der Waals surface area contributed by atoms with E-state index in [1.807, 2.05) is 0 Å². The summed E-state index contributed by atoms with van der Waals surface area (Å²) >= 11 is 0. The summed E-state index contributed by atoms with van der Waals surface area (Å²) in [5, 5.41) is 7.96. The predicted molar refractivity (Wildman–Crippen MR) is 28.1 cm³/mol. The minimum absolute atomic E-state index is 0.691. The Labute approximate surface area is 52.3 Å². The van der Waals surface area contributed by atoms with E-state index in [4.69, 9.17) is 5.11 Å². The van der Waals surface area contributed by atoms with Gasteiger partial charge in [-0.25, -0.2) is 4.79 Å². The van der Waals surface area contributed by atoms with Gasteiger partial charge in [0.1, 0.15) is 0 Å². The van der Waals surface area contributed by atoms with E-state index in [0.717, 1.165) is 0 Å². The molecule has 50 valence electrons. The molecule has 0 aliphatic heterocycles. The van der Waals surface area contributed by atoms with Crippen LogP contribution in [-0.2, 0) is 15.3 Å². The summed E-state index contributed by atoms with van der Waals surface area (Å²) < 4.78 is 21.8. The Kier molecular flexibility index (Phi) is 2.59. The maximum Gasteiger partial charge on any atom is 0.355 e. The number of nitrogens with zero attached hydrogens (tertiary/aromatic N) is 1. The van der Waals surface area contributed by atoms with Crippen LogP contribution in [0.15, 0.2) is 16.6 Å². The van der Waals surface area contributed by atoms with Crippen molar-refractivity contribution >= 4 is 16.5 Å². The van der Waals surface area contributed by atoms with Crippen molar-refractivity contribution in [2.75, 3.05) is 0 Å². The number of carbonyl (C=O) groups is 1. The van der Waals surface area contributed by atoms with Gasteiger partial charge in [0.05, 0.1) is 0 Å². The van der Waals surface area contributed by atoms with Crippen LogP contribution < -0.4 is 0 Å². The number of hydrogen-bond donors (Lipinski definition) is 1. The van der Waals surface area contributed by atoms with Gasteiger partial charge < -0.3 is 5.11 Å². The van der Waals surface area contributed by atoms with Gasteiger partial charge in [-0.05, 0) is 0 Å². The summed E-state index contributed by atoms with van der Waals surface area (Å²) in [6.07, 6.45) is 0. The van der Waals surface area contributed by atoms with Gasteiger partial charge in [0.2, 0.25) is 0 Å². The third kappa shape index (κ3) is 3.42. The van der Waals surface area contributed by atoms with Gasteiger partial charge in [0.25, 0.3) is 0 Å². The molecule has 0 rings (SSSR count). The second-order valence-corrected chi connectivity index (χ2v) is 1.68. The molecule has 1 N–H and O–H groups in total. The molecule has 0 aromatic rings. The molecule has 0 aromatic carbocycles. The first-order valence-corrected chi connectivity index (χ1v) is 2.80. The molecule has 0 aliphatic carbocycles. The van der Waals surface area contributed by atoms with Crippen molar-refractivity contribution in [3.05, 3.63) is 12.3 Å². The molecule has 0 heterocycles. The highest BCUT2D eigenvalue weighted by molar-refractivity contribution is 7.61. The van der Waals surface area contributed by atoms with E-state index in [9.17, 15) is 13.2 Å². The van der Waals surface area contributed by atoms with E-state index in [2.05, 4.69) is 10.9 Å². The molecule has 0 saturated carbocycles. The first-order chi connectivity index (χ1) is 4.04. The predicted octanol–water partition coefficient (Wildman–Crippen LogP) is -0.353. The second-order valence-electron chi connectivity index (χ2n) is 1.06. The highest BCUT2D eigenvalue weighted by atomic mass is 32.2. The standard InChI is InChI=1S/C3H3NO4S/c1-2(3(5)6)4-9(7)8/h1H2,(H,5,6). The van der Waals surface area contributed by atoms with E-state index in [-0.39, 0.29) is 0 Å². The van der Waals surface area contributed by atoms with Crippen molar-refractivity contribution in [3.8, 4) is 0 Å². The van der Waals surface area contributed by atoms with Gasteiger partial charge in [0, 0.05) is 0 Å². The lowest BCUT2D eigenvalue weighted by molar-refractivity contribution is -0.132. The zero-order valence-electron chi connectivity index (χ0n) is 4.23. The molecule has 9 heavy (non-hydrogen) atoms. The summed E-state index contributed by atoms with van der Waals surface area (Å²) in [6, 6.07) is 0. The Bertz CT molecular complexity index is 254. The van der Waals surface area contributed by atoms with Gasteiger partial charge in [-0.2, -0.15) is 8.42 Å². The van der Waals surface area contributed by atoms with Crippen LogP contribution in [0.5, 0.6) is 0 Å². The minimum Gasteiger partial charge on any atom is -0.476 e. The van der Waals surface area contributed by atoms with Crippen molar-refractivity contribution in [2.24, 2.45) is 4.36 Å². The van der Waals surface area contributed by atoms with Crippen LogP contribution in [0.3, 0.4) is 0 Å². The summed E-state index contributed by atoms with van der Waals surface area (Å²) in [7, 11) is -2.72. The number of aliphatic carboxylic acids is 1. The molecule has 0 spiro atoms. The largest absolute Gasteiger partial charge is 0.476 e. The van der Waals surface area contributed by atoms with Gasteiger partial charge >= 0.3 is 16.5 Å². The molecule has 6 heteroatoms. The average molecular weight is 149 g/mol. The molecule has 0 amide bonds. The Morgan fingerprint density at radius 3 is 2.11 bits per heavy atom. The lowest BCUT2D eigenvalue weighted by Crippen LogP contribution is -1.94. The Hall–Kier alpha value is -1.17. The molecule has 0 bridgehead atoms.